The smallest absolute Gasteiger partial charge is 0.129 e. The van der Waals surface area contributed by atoms with Crippen LogP contribution in [-0.4, -0.2) is 56.4 Å². The van der Waals surface area contributed by atoms with Gasteiger partial charge in [-0.25, -0.2) is 0 Å². The molecule has 1 aromatic rings. The summed E-state index contributed by atoms with van der Waals surface area (Å²) in [6.07, 6.45) is -0.518. The number of benzene rings is 1. The molecule has 0 aromatic heterocycles. The molecule has 0 fully saturated rings. The predicted octanol–water partition coefficient (Wildman–Crippen LogP) is 0.418. The molecule has 1 unspecified atom stereocenters. The lowest BCUT2D eigenvalue weighted by Crippen LogP contribution is -2.31. The summed E-state index contributed by atoms with van der Waals surface area (Å²) in [5.74, 6) is 0.564. The fourth-order valence-corrected chi connectivity index (χ4v) is 2.05. The zero-order chi connectivity index (χ0) is 15.1. The summed E-state index contributed by atoms with van der Waals surface area (Å²) in [6, 6.07) is 5.55. The molecule has 6 nitrogen and oxygen atoms in total. The van der Waals surface area contributed by atoms with Gasteiger partial charge in [-0.05, 0) is 24.7 Å². The summed E-state index contributed by atoms with van der Waals surface area (Å²) in [5, 5.41) is 17.2. The Morgan fingerprint density at radius 1 is 1.45 bits per heavy atom. The third kappa shape index (κ3) is 4.80. The average molecular weight is 281 g/mol. The zero-order valence-electron chi connectivity index (χ0n) is 12.2. The molecule has 0 spiro atoms. The first-order valence-corrected chi connectivity index (χ1v) is 6.34. The number of nitrogen functional groups attached to an aromatic ring is 1. The summed E-state index contributed by atoms with van der Waals surface area (Å²) in [5.41, 5.74) is 7.13. The number of hydrogen-bond donors (Lipinski definition) is 3. The number of nitrogens with one attached hydrogen (secondary N) is 1. The van der Waals surface area contributed by atoms with Gasteiger partial charge in [0.25, 0.3) is 0 Å². The van der Waals surface area contributed by atoms with E-state index in [1.165, 1.54) is 0 Å². The van der Waals surface area contributed by atoms with Gasteiger partial charge in [0.1, 0.15) is 11.6 Å². The van der Waals surface area contributed by atoms with Crippen LogP contribution in [0.15, 0.2) is 18.2 Å². The third-order valence-corrected chi connectivity index (χ3v) is 2.89. The van der Waals surface area contributed by atoms with Crippen LogP contribution in [0.5, 0.6) is 5.75 Å². The quantitative estimate of drug-likeness (QED) is 0.474. The average Bonchev–Trinajstić information content (AvgIpc) is 2.38. The number of aliphatic hydroxyl groups excluding tert-OH is 1. The van der Waals surface area contributed by atoms with E-state index < -0.39 is 6.10 Å². The van der Waals surface area contributed by atoms with Crippen LogP contribution in [0.4, 0.5) is 0 Å². The fourth-order valence-electron chi connectivity index (χ4n) is 2.05. The summed E-state index contributed by atoms with van der Waals surface area (Å²) in [7, 11) is 5.02. The molecule has 1 rings (SSSR count). The number of methoxy groups -OCH3 is 2. The third-order valence-electron chi connectivity index (χ3n) is 2.89. The Morgan fingerprint density at radius 2 is 2.15 bits per heavy atom. The van der Waals surface area contributed by atoms with Crippen molar-refractivity contribution in [2.24, 2.45) is 5.73 Å². The van der Waals surface area contributed by atoms with E-state index in [9.17, 15) is 5.11 Å². The summed E-state index contributed by atoms with van der Waals surface area (Å²) in [6.45, 7) is 1.46. The molecule has 1 atom stereocenters. The predicted molar refractivity (Wildman–Crippen MR) is 78.2 cm³/mol. The molecule has 112 valence electrons. The molecular formula is C14H23N3O3. The zero-order valence-corrected chi connectivity index (χ0v) is 12.2. The largest absolute Gasteiger partial charge is 0.496 e. The molecule has 0 amide bonds. The first-order chi connectivity index (χ1) is 9.47. The van der Waals surface area contributed by atoms with Crippen molar-refractivity contribution in [2.45, 2.75) is 12.6 Å². The topological polar surface area (TPSA) is 91.8 Å². The first-order valence-electron chi connectivity index (χ1n) is 6.34. The molecule has 0 saturated heterocycles. The normalized spacial score (nSPS) is 12.4. The maximum atomic E-state index is 9.68. The molecule has 20 heavy (non-hydrogen) atoms. The van der Waals surface area contributed by atoms with Gasteiger partial charge < -0.3 is 20.3 Å². The second kappa shape index (κ2) is 7.84. The maximum Gasteiger partial charge on any atom is 0.129 e. The fraction of sp³-hybridized carbons (Fsp3) is 0.500. The van der Waals surface area contributed by atoms with Crippen molar-refractivity contribution in [1.29, 1.82) is 5.41 Å². The van der Waals surface area contributed by atoms with Crippen molar-refractivity contribution < 1.29 is 14.6 Å². The van der Waals surface area contributed by atoms with E-state index in [0.29, 0.717) is 31.0 Å². The lowest BCUT2D eigenvalue weighted by molar-refractivity contribution is 0.0419. The number of aliphatic hydroxyl groups is 1. The van der Waals surface area contributed by atoms with E-state index in [0.717, 1.165) is 5.56 Å². The van der Waals surface area contributed by atoms with Gasteiger partial charge in [-0.15, -0.1) is 0 Å². The van der Waals surface area contributed by atoms with Crippen molar-refractivity contribution in [3.63, 3.8) is 0 Å². The van der Waals surface area contributed by atoms with Crippen LogP contribution in [0, 0.1) is 5.41 Å². The van der Waals surface area contributed by atoms with Gasteiger partial charge in [-0.2, -0.15) is 0 Å². The van der Waals surface area contributed by atoms with Crippen molar-refractivity contribution in [2.75, 3.05) is 34.4 Å². The number of nitrogens with zero attached hydrogens (tertiary/aromatic N) is 1. The molecule has 0 aliphatic rings. The SMILES string of the molecule is COCC(O)CN(C)Cc1ccc(OC)c(C(=N)N)c1. The van der Waals surface area contributed by atoms with Crippen molar-refractivity contribution in [3.8, 4) is 5.75 Å². The molecule has 0 aliphatic carbocycles. The molecule has 0 bridgehead atoms. The van der Waals surface area contributed by atoms with Gasteiger partial charge in [0.15, 0.2) is 0 Å². The molecule has 4 N–H and O–H groups in total. The van der Waals surface area contributed by atoms with Crippen LogP contribution < -0.4 is 10.5 Å². The van der Waals surface area contributed by atoms with E-state index in [4.69, 9.17) is 20.6 Å². The van der Waals surface area contributed by atoms with Crippen LogP contribution in [0.25, 0.3) is 0 Å². The van der Waals surface area contributed by atoms with E-state index in [1.54, 1.807) is 20.3 Å². The molecule has 0 radical (unpaired) electrons. The maximum absolute atomic E-state index is 9.68. The van der Waals surface area contributed by atoms with E-state index in [2.05, 4.69) is 0 Å². The lowest BCUT2D eigenvalue weighted by Gasteiger charge is -2.20. The van der Waals surface area contributed by atoms with Gasteiger partial charge in [0.05, 0.1) is 25.4 Å². The van der Waals surface area contributed by atoms with E-state index >= 15 is 0 Å². The second-order valence-electron chi connectivity index (χ2n) is 4.75. The van der Waals surface area contributed by atoms with Crippen molar-refractivity contribution in [1.82, 2.24) is 4.90 Å². The molecule has 6 heteroatoms. The minimum Gasteiger partial charge on any atom is -0.496 e. The van der Waals surface area contributed by atoms with Gasteiger partial charge in [0.2, 0.25) is 0 Å². The Balaban J connectivity index is 2.72. The number of likely N-dealkylation sites (N-methyl/N-ethyl adjacent to an activating group) is 1. The molecule has 0 aliphatic heterocycles. The minimum atomic E-state index is -0.518. The van der Waals surface area contributed by atoms with Crippen LogP contribution in [-0.2, 0) is 11.3 Å². The van der Waals surface area contributed by atoms with Gasteiger partial charge in [-0.3, -0.25) is 10.3 Å². The van der Waals surface area contributed by atoms with Gasteiger partial charge in [0, 0.05) is 20.2 Å². The first kappa shape index (κ1) is 16.4. The lowest BCUT2D eigenvalue weighted by atomic mass is 10.1. The highest BCUT2D eigenvalue weighted by atomic mass is 16.5. The number of amidine groups is 1. The number of hydrogen-bond acceptors (Lipinski definition) is 5. The highest BCUT2D eigenvalue weighted by Crippen LogP contribution is 2.20. The van der Waals surface area contributed by atoms with Crippen LogP contribution in [0.3, 0.4) is 0 Å². The monoisotopic (exact) mass is 281 g/mol. The summed E-state index contributed by atoms with van der Waals surface area (Å²) >= 11 is 0. The van der Waals surface area contributed by atoms with Crippen molar-refractivity contribution >= 4 is 5.84 Å². The highest BCUT2D eigenvalue weighted by Gasteiger charge is 2.11. The van der Waals surface area contributed by atoms with Crippen molar-refractivity contribution in [3.05, 3.63) is 29.3 Å². The van der Waals surface area contributed by atoms with E-state index in [1.807, 2.05) is 24.1 Å². The number of nitrogens with two attached hydrogens (primary N) is 1. The Labute approximate surface area is 119 Å². The van der Waals surface area contributed by atoms with Crippen LogP contribution in [0.1, 0.15) is 11.1 Å². The van der Waals surface area contributed by atoms with Gasteiger partial charge in [-0.1, -0.05) is 6.07 Å². The molecule has 0 saturated carbocycles. The number of rotatable bonds is 8. The van der Waals surface area contributed by atoms with E-state index in [-0.39, 0.29) is 5.84 Å². The number of ether oxygens (including phenoxy) is 2. The Bertz CT molecular complexity index is 451. The Morgan fingerprint density at radius 3 is 2.70 bits per heavy atom. The minimum absolute atomic E-state index is 0.0224. The van der Waals surface area contributed by atoms with Crippen LogP contribution in [0.2, 0.25) is 0 Å². The molecular weight excluding hydrogens is 258 g/mol. The Hall–Kier alpha value is -1.63. The standard InChI is InChI=1S/C14H23N3O3/c1-17(8-11(18)9-19-2)7-10-4-5-13(20-3)12(6-10)14(15)16/h4-6,11,18H,7-9H2,1-3H3,(H3,15,16). The highest BCUT2D eigenvalue weighted by molar-refractivity contribution is 5.97. The summed E-state index contributed by atoms with van der Waals surface area (Å²) < 4.78 is 10.1. The Kier molecular flexibility index (Phi) is 6.44. The summed E-state index contributed by atoms with van der Waals surface area (Å²) in [4.78, 5) is 1.98. The van der Waals surface area contributed by atoms with Gasteiger partial charge >= 0.3 is 0 Å². The molecule has 0 heterocycles. The molecule has 1 aromatic carbocycles. The second-order valence-corrected chi connectivity index (χ2v) is 4.75. The van der Waals surface area contributed by atoms with Crippen LogP contribution >= 0.6 is 0 Å².